The molecular weight excluding hydrogens is 178 g/mol. The predicted molar refractivity (Wildman–Crippen MR) is 57.9 cm³/mol. The quantitative estimate of drug-likeness (QED) is 0.562. The molecule has 0 aromatic rings. The number of carbonyl (C=O) groups excluding carboxylic acids is 1. The maximum absolute atomic E-state index is 10.2. The summed E-state index contributed by atoms with van der Waals surface area (Å²) in [6.07, 6.45) is 7.09. The molecule has 0 aromatic carbocycles. The van der Waals surface area contributed by atoms with Crippen LogP contribution in [-0.2, 0) is 9.63 Å². The lowest BCUT2D eigenvalue weighted by molar-refractivity contribution is -0.108. The molecule has 3 nitrogen and oxygen atoms in total. The van der Waals surface area contributed by atoms with Gasteiger partial charge in [-0.2, -0.15) is 0 Å². The second-order valence-corrected chi connectivity index (χ2v) is 3.94. The summed E-state index contributed by atoms with van der Waals surface area (Å²) < 4.78 is 0. The molecule has 84 valence electrons. The molecule has 1 N–H and O–H groups in total. The Balaban J connectivity index is 0.000000364. The molecule has 0 spiro atoms. The van der Waals surface area contributed by atoms with Crippen molar-refractivity contribution in [2.75, 3.05) is 14.2 Å². The number of rotatable bonds is 3. The first-order valence-electron chi connectivity index (χ1n) is 5.37. The van der Waals surface area contributed by atoms with Gasteiger partial charge in [0, 0.05) is 13.5 Å². The van der Waals surface area contributed by atoms with E-state index in [1.165, 1.54) is 25.7 Å². The van der Waals surface area contributed by atoms with Crippen LogP contribution in [0.4, 0.5) is 0 Å². The van der Waals surface area contributed by atoms with Crippen molar-refractivity contribution in [2.45, 2.75) is 39.0 Å². The zero-order valence-corrected chi connectivity index (χ0v) is 9.58. The Labute approximate surface area is 87.2 Å². The van der Waals surface area contributed by atoms with Crippen molar-refractivity contribution in [1.82, 2.24) is 5.48 Å². The molecule has 0 unspecified atom stereocenters. The van der Waals surface area contributed by atoms with E-state index in [1.54, 1.807) is 14.2 Å². The SMILES string of the molecule is CC1CCC(CC=O)CC1.CNOC. The van der Waals surface area contributed by atoms with Crippen molar-refractivity contribution in [2.24, 2.45) is 11.8 Å². The number of aldehydes is 1. The molecule has 0 heterocycles. The van der Waals surface area contributed by atoms with E-state index in [-0.39, 0.29) is 0 Å². The van der Waals surface area contributed by atoms with Gasteiger partial charge in [-0.25, -0.2) is 5.48 Å². The zero-order valence-electron chi connectivity index (χ0n) is 9.58. The monoisotopic (exact) mass is 201 g/mol. The molecule has 1 fully saturated rings. The fraction of sp³-hybridized carbons (Fsp3) is 0.909. The van der Waals surface area contributed by atoms with Crippen LogP contribution in [-0.4, -0.2) is 20.4 Å². The van der Waals surface area contributed by atoms with Crippen LogP contribution in [0.15, 0.2) is 0 Å². The van der Waals surface area contributed by atoms with Crippen molar-refractivity contribution in [3.05, 3.63) is 0 Å². The van der Waals surface area contributed by atoms with E-state index in [9.17, 15) is 4.79 Å². The average Bonchev–Trinajstić information content (AvgIpc) is 2.22. The van der Waals surface area contributed by atoms with E-state index in [1.807, 2.05) is 0 Å². The van der Waals surface area contributed by atoms with Crippen LogP contribution in [0, 0.1) is 11.8 Å². The van der Waals surface area contributed by atoms with Crippen molar-refractivity contribution < 1.29 is 9.63 Å². The number of hydrogen-bond donors (Lipinski definition) is 1. The molecule has 0 bridgehead atoms. The normalized spacial score (nSPS) is 26.2. The maximum Gasteiger partial charge on any atom is 0.120 e. The van der Waals surface area contributed by atoms with E-state index < -0.39 is 0 Å². The summed E-state index contributed by atoms with van der Waals surface area (Å²) in [6.45, 7) is 2.30. The van der Waals surface area contributed by atoms with Gasteiger partial charge in [0.1, 0.15) is 6.29 Å². The van der Waals surface area contributed by atoms with Crippen molar-refractivity contribution in [1.29, 1.82) is 0 Å². The Morgan fingerprint density at radius 2 is 1.86 bits per heavy atom. The van der Waals surface area contributed by atoms with Crippen LogP contribution in [0.1, 0.15) is 39.0 Å². The zero-order chi connectivity index (χ0) is 10.8. The fourth-order valence-corrected chi connectivity index (χ4v) is 1.70. The predicted octanol–water partition coefficient (Wildman–Crippen LogP) is 2.17. The second-order valence-electron chi connectivity index (χ2n) is 3.94. The standard InChI is InChI=1S/C9H16O.C2H7NO/c1-8-2-4-9(5-3-8)6-7-10;1-3-4-2/h7-9H,2-6H2,1H3;3H,1-2H3. The lowest BCUT2D eigenvalue weighted by atomic mass is 9.82. The van der Waals surface area contributed by atoms with Gasteiger partial charge < -0.3 is 9.63 Å². The molecule has 0 saturated heterocycles. The number of carbonyl (C=O) groups is 1. The average molecular weight is 201 g/mol. The van der Waals surface area contributed by atoms with Gasteiger partial charge in [-0.05, 0) is 24.7 Å². The van der Waals surface area contributed by atoms with Gasteiger partial charge in [0.15, 0.2) is 0 Å². The van der Waals surface area contributed by atoms with Gasteiger partial charge in [0.05, 0.1) is 7.11 Å². The van der Waals surface area contributed by atoms with Gasteiger partial charge in [0.25, 0.3) is 0 Å². The third-order valence-electron chi connectivity index (χ3n) is 2.77. The highest BCUT2D eigenvalue weighted by molar-refractivity contribution is 5.49. The number of hydroxylamine groups is 1. The third kappa shape index (κ3) is 7.04. The highest BCUT2D eigenvalue weighted by Crippen LogP contribution is 2.29. The Kier molecular flexibility index (Phi) is 8.89. The van der Waals surface area contributed by atoms with Crippen LogP contribution in [0.3, 0.4) is 0 Å². The Bertz CT molecular complexity index is 129. The van der Waals surface area contributed by atoms with Crippen LogP contribution in [0.5, 0.6) is 0 Å². The summed E-state index contributed by atoms with van der Waals surface area (Å²) in [4.78, 5) is 14.4. The molecule has 1 aliphatic carbocycles. The van der Waals surface area contributed by atoms with Crippen molar-refractivity contribution in [3.8, 4) is 0 Å². The first-order chi connectivity index (χ1) is 6.74. The van der Waals surface area contributed by atoms with Crippen LogP contribution in [0.25, 0.3) is 0 Å². The van der Waals surface area contributed by atoms with Gasteiger partial charge >= 0.3 is 0 Å². The first kappa shape index (κ1) is 13.6. The van der Waals surface area contributed by atoms with Gasteiger partial charge in [-0.15, -0.1) is 0 Å². The Morgan fingerprint density at radius 1 is 1.36 bits per heavy atom. The summed E-state index contributed by atoms with van der Waals surface area (Å²) in [5.74, 6) is 1.62. The van der Waals surface area contributed by atoms with E-state index in [4.69, 9.17) is 0 Å². The number of nitrogens with one attached hydrogen (secondary N) is 1. The summed E-state index contributed by atoms with van der Waals surface area (Å²) >= 11 is 0. The lowest BCUT2D eigenvalue weighted by Gasteiger charge is -2.24. The van der Waals surface area contributed by atoms with Gasteiger partial charge in [0.2, 0.25) is 0 Å². The van der Waals surface area contributed by atoms with E-state index in [0.717, 1.165) is 18.6 Å². The molecule has 0 amide bonds. The highest BCUT2D eigenvalue weighted by Gasteiger charge is 2.16. The largest absolute Gasteiger partial charge is 0.305 e. The minimum absolute atomic E-state index is 0.716. The van der Waals surface area contributed by atoms with Gasteiger partial charge in [-0.1, -0.05) is 19.8 Å². The molecule has 1 rings (SSSR count). The molecule has 0 aromatic heterocycles. The smallest absolute Gasteiger partial charge is 0.120 e. The first-order valence-corrected chi connectivity index (χ1v) is 5.37. The summed E-state index contributed by atoms with van der Waals surface area (Å²) in [7, 11) is 3.28. The van der Waals surface area contributed by atoms with Crippen LogP contribution >= 0.6 is 0 Å². The summed E-state index contributed by atoms with van der Waals surface area (Å²) in [5, 5.41) is 0. The molecule has 0 atom stereocenters. The molecule has 0 radical (unpaired) electrons. The minimum Gasteiger partial charge on any atom is -0.305 e. The van der Waals surface area contributed by atoms with Crippen molar-refractivity contribution in [3.63, 3.8) is 0 Å². The Hall–Kier alpha value is -0.410. The molecule has 1 aliphatic rings. The third-order valence-corrected chi connectivity index (χ3v) is 2.77. The molecule has 0 aliphatic heterocycles. The molecule has 3 heteroatoms. The maximum atomic E-state index is 10.2. The Morgan fingerprint density at radius 3 is 2.21 bits per heavy atom. The van der Waals surface area contributed by atoms with Crippen LogP contribution in [0.2, 0.25) is 0 Å². The second kappa shape index (κ2) is 9.16. The van der Waals surface area contributed by atoms with E-state index in [0.29, 0.717) is 5.92 Å². The highest BCUT2D eigenvalue weighted by atomic mass is 16.6. The summed E-state index contributed by atoms with van der Waals surface area (Å²) in [5.41, 5.74) is 2.43. The summed E-state index contributed by atoms with van der Waals surface area (Å²) in [6, 6.07) is 0. The van der Waals surface area contributed by atoms with Gasteiger partial charge in [-0.3, -0.25) is 0 Å². The molecule has 14 heavy (non-hydrogen) atoms. The van der Waals surface area contributed by atoms with E-state index >= 15 is 0 Å². The van der Waals surface area contributed by atoms with Crippen LogP contribution < -0.4 is 5.48 Å². The molecular formula is C11H23NO2. The fourth-order valence-electron chi connectivity index (χ4n) is 1.70. The lowest BCUT2D eigenvalue weighted by Crippen LogP contribution is -2.12. The minimum atomic E-state index is 0.716. The van der Waals surface area contributed by atoms with E-state index in [2.05, 4.69) is 17.2 Å². The van der Waals surface area contributed by atoms with Crippen molar-refractivity contribution >= 4 is 6.29 Å². The number of hydrogen-bond acceptors (Lipinski definition) is 3. The molecule has 1 saturated carbocycles. The topological polar surface area (TPSA) is 38.3 Å².